The van der Waals surface area contributed by atoms with Crippen LogP contribution in [0.25, 0.3) is 0 Å². The van der Waals surface area contributed by atoms with E-state index in [0.717, 1.165) is 43.5 Å². The van der Waals surface area contributed by atoms with Crippen molar-refractivity contribution in [3.8, 4) is 0 Å². The number of halogens is 1. The van der Waals surface area contributed by atoms with Crippen LogP contribution in [0.15, 0.2) is 6.20 Å². The highest BCUT2D eigenvalue weighted by Gasteiger charge is 2.30. The third kappa shape index (κ3) is 3.11. The number of carbonyl (C=O) groups is 1. The smallest absolute Gasteiger partial charge is 0.257 e. The first-order valence-electron chi connectivity index (χ1n) is 7.06. The van der Waals surface area contributed by atoms with E-state index >= 15 is 0 Å². The predicted octanol–water partition coefficient (Wildman–Crippen LogP) is 2.61. The van der Waals surface area contributed by atoms with Gasteiger partial charge in [-0.3, -0.25) is 9.48 Å². The fraction of sp³-hybridized carbons (Fsp3) is 0.714. The molecular weight excluding hydrogens is 262 g/mol. The molecule has 0 aliphatic heterocycles. The molecule has 1 aromatic heterocycles. The normalized spacial score (nSPS) is 15.3. The zero-order valence-corrected chi connectivity index (χ0v) is 12.5. The van der Waals surface area contributed by atoms with Gasteiger partial charge in [0.2, 0.25) is 0 Å². The largest absolute Gasteiger partial charge is 0.336 e. The van der Waals surface area contributed by atoms with Crippen LogP contribution >= 0.6 is 11.6 Å². The fourth-order valence-electron chi connectivity index (χ4n) is 2.51. The zero-order valence-electron chi connectivity index (χ0n) is 11.7. The second kappa shape index (κ2) is 6.42. The second-order valence-electron chi connectivity index (χ2n) is 5.14. The van der Waals surface area contributed by atoms with Gasteiger partial charge in [-0.1, -0.05) is 6.92 Å². The van der Waals surface area contributed by atoms with Crippen molar-refractivity contribution in [3.63, 3.8) is 0 Å². The summed E-state index contributed by atoms with van der Waals surface area (Å²) < 4.78 is 1.73. The van der Waals surface area contributed by atoms with E-state index in [1.807, 2.05) is 25.1 Å². The van der Waals surface area contributed by atoms with Gasteiger partial charge in [-0.05, 0) is 32.1 Å². The summed E-state index contributed by atoms with van der Waals surface area (Å²) in [5, 5.41) is 4.36. The topological polar surface area (TPSA) is 38.1 Å². The van der Waals surface area contributed by atoms with Crippen LogP contribution in [0.2, 0.25) is 0 Å². The highest BCUT2D eigenvalue weighted by atomic mass is 35.5. The summed E-state index contributed by atoms with van der Waals surface area (Å²) in [5.41, 5.74) is 1.65. The van der Waals surface area contributed by atoms with Crippen LogP contribution in [-0.4, -0.2) is 39.1 Å². The van der Waals surface area contributed by atoms with Crippen molar-refractivity contribution in [2.45, 2.75) is 45.1 Å². The molecule has 5 heteroatoms. The summed E-state index contributed by atoms with van der Waals surface area (Å²) in [6.07, 6.45) is 6.95. The molecule has 1 saturated carbocycles. The molecule has 19 heavy (non-hydrogen) atoms. The molecule has 1 amide bonds. The van der Waals surface area contributed by atoms with Crippen LogP contribution in [0, 0.1) is 0 Å². The summed E-state index contributed by atoms with van der Waals surface area (Å²) in [4.78, 5) is 14.7. The maximum atomic E-state index is 12.7. The Morgan fingerprint density at radius 2 is 2.32 bits per heavy atom. The monoisotopic (exact) mass is 283 g/mol. The van der Waals surface area contributed by atoms with Crippen LogP contribution in [0.1, 0.15) is 48.7 Å². The third-order valence-electron chi connectivity index (χ3n) is 3.78. The number of nitrogens with zero attached hydrogens (tertiary/aromatic N) is 3. The number of aromatic nitrogens is 2. The minimum atomic E-state index is 0.125. The van der Waals surface area contributed by atoms with E-state index in [1.165, 1.54) is 6.42 Å². The Kier molecular flexibility index (Phi) is 4.86. The van der Waals surface area contributed by atoms with E-state index in [4.69, 9.17) is 11.6 Å². The van der Waals surface area contributed by atoms with Crippen LogP contribution in [0.4, 0.5) is 0 Å². The lowest BCUT2D eigenvalue weighted by atomic mass is 9.90. The molecule has 1 aliphatic rings. The Labute approximate surface area is 119 Å². The first-order chi connectivity index (χ1) is 9.17. The number of rotatable bonds is 6. The first-order valence-corrected chi connectivity index (χ1v) is 7.60. The van der Waals surface area contributed by atoms with Crippen molar-refractivity contribution in [3.05, 3.63) is 17.5 Å². The summed E-state index contributed by atoms with van der Waals surface area (Å²) >= 11 is 5.77. The number of aryl methyl sites for hydroxylation is 2. The van der Waals surface area contributed by atoms with Gasteiger partial charge in [0.1, 0.15) is 0 Å². The molecule has 4 nitrogen and oxygen atoms in total. The molecule has 0 radical (unpaired) electrons. The first kappa shape index (κ1) is 14.4. The molecular formula is C14H22ClN3O. The lowest BCUT2D eigenvalue weighted by Gasteiger charge is -2.37. The fourth-order valence-corrected chi connectivity index (χ4v) is 2.63. The highest BCUT2D eigenvalue weighted by Crippen LogP contribution is 2.27. The van der Waals surface area contributed by atoms with Crippen molar-refractivity contribution >= 4 is 17.5 Å². The summed E-state index contributed by atoms with van der Waals surface area (Å²) in [6, 6.07) is 0.403. The van der Waals surface area contributed by atoms with E-state index < -0.39 is 0 Å². The minimum Gasteiger partial charge on any atom is -0.336 e. The number of hydrogen-bond donors (Lipinski definition) is 0. The van der Waals surface area contributed by atoms with Crippen molar-refractivity contribution in [2.24, 2.45) is 7.05 Å². The summed E-state index contributed by atoms with van der Waals surface area (Å²) in [7, 11) is 1.86. The summed E-state index contributed by atoms with van der Waals surface area (Å²) in [6.45, 7) is 2.79. The number of alkyl halides is 1. The summed E-state index contributed by atoms with van der Waals surface area (Å²) in [5.74, 6) is 0.726. The Morgan fingerprint density at radius 1 is 1.58 bits per heavy atom. The average Bonchev–Trinajstić information content (AvgIpc) is 2.72. The van der Waals surface area contributed by atoms with Gasteiger partial charge >= 0.3 is 0 Å². The van der Waals surface area contributed by atoms with Crippen LogP contribution in [0.5, 0.6) is 0 Å². The molecule has 0 N–H and O–H groups in total. The molecule has 1 aromatic rings. The van der Waals surface area contributed by atoms with Crippen molar-refractivity contribution in [1.29, 1.82) is 0 Å². The predicted molar refractivity (Wildman–Crippen MR) is 76.6 cm³/mol. The maximum Gasteiger partial charge on any atom is 0.257 e. The number of hydrogen-bond acceptors (Lipinski definition) is 2. The van der Waals surface area contributed by atoms with Crippen LogP contribution < -0.4 is 0 Å². The molecule has 2 rings (SSSR count). The zero-order chi connectivity index (χ0) is 13.8. The highest BCUT2D eigenvalue weighted by molar-refractivity contribution is 6.17. The van der Waals surface area contributed by atoms with Gasteiger partial charge in [-0.2, -0.15) is 5.10 Å². The SMILES string of the molecule is CCc1nn(C)cc1C(=O)N(CCCCl)C1CCC1. The van der Waals surface area contributed by atoms with E-state index in [0.29, 0.717) is 11.9 Å². The number of amides is 1. The van der Waals surface area contributed by atoms with E-state index in [-0.39, 0.29) is 5.91 Å². The van der Waals surface area contributed by atoms with Gasteiger partial charge in [0.15, 0.2) is 0 Å². The molecule has 1 heterocycles. The Bertz CT molecular complexity index is 440. The number of carbonyl (C=O) groups excluding carboxylic acids is 1. The van der Waals surface area contributed by atoms with Crippen molar-refractivity contribution in [2.75, 3.05) is 12.4 Å². The quantitative estimate of drug-likeness (QED) is 0.753. The van der Waals surface area contributed by atoms with Crippen LogP contribution in [-0.2, 0) is 13.5 Å². The van der Waals surface area contributed by atoms with Gasteiger partial charge in [0, 0.05) is 31.7 Å². The van der Waals surface area contributed by atoms with Gasteiger partial charge in [0.25, 0.3) is 5.91 Å². The molecule has 0 spiro atoms. The van der Waals surface area contributed by atoms with Gasteiger partial charge in [0.05, 0.1) is 11.3 Å². The van der Waals surface area contributed by atoms with Crippen molar-refractivity contribution < 1.29 is 4.79 Å². The third-order valence-corrected chi connectivity index (χ3v) is 4.05. The van der Waals surface area contributed by atoms with Gasteiger partial charge in [-0.15, -0.1) is 11.6 Å². The Balaban J connectivity index is 2.17. The minimum absolute atomic E-state index is 0.125. The molecule has 0 saturated heterocycles. The van der Waals surface area contributed by atoms with Crippen LogP contribution in [0.3, 0.4) is 0 Å². The molecule has 0 bridgehead atoms. The van der Waals surface area contributed by atoms with Crippen molar-refractivity contribution in [1.82, 2.24) is 14.7 Å². The second-order valence-corrected chi connectivity index (χ2v) is 5.52. The Morgan fingerprint density at radius 3 is 2.84 bits per heavy atom. The van der Waals surface area contributed by atoms with Gasteiger partial charge in [-0.25, -0.2) is 0 Å². The molecule has 0 atom stereocenters. The lowest BCUT2D eigenvalue weighted by Crippen LogP contribution is -2.45. The standard InChI is InChI=1S/C14H22ClN3O/c1-3-13-12(10-17(2)16-13)14(19)18(9-5-8-15)11-6-4-7-11/h10-11H,3-9H2,1-2H3. The van der Waals surface area contributed by atoms with E-state index in [1.54, 1.807) is 4.68 Å². The van der Waals surface area contributed by atoms with E-state index in [2.05, 4.69) is 5.10 Å². The maximum absolute atomic E-state index is 12.7. The molecule has 1 aliphatic carbocycles. The van der Waals surface area contributed by atoms with Gasteiger partial charge < -0.3 is 4.90 Å². The Hall–Kier alpha value is -1.03. The molecule has 106 valence electrons. The molecule has 1 fully saturated rings. The van der Waals surface area contributed by atoms with E-state index in [9.17, 15) is 4.79 Å². The lowest BCUT2D eigenvalue weighted by molar-refractivity contribution is 0.0579. The molecule has 0 aromatic carbocycles. The molecule has 0 unspecified atom stereocenters. The average molecular weight is 284 g/mol.